The Morgan fingerprint density at radius 1 is 1.00 bits per heavy atom. The minimum absolute atomic E-state index is 0.0554. The molecule has 10 nitrogen and oxygen atoms in total. The summed E-state index contributed by atoms with van der Waals surface area (Å²) in [6.45, 7) is 5.86. The fourth-order valence-electron chi connectivity index (χ4n) is 4.54. The maximum atomic E-state index is 10.6. The second kappa shape index (κ2) is 12.1. The van der Waals surface area contributed by atoms with Crippen molar-refractivity contribution in [1.82, 2.24) is 9.78 Å². The molecule has 0 spiro atoms. The first kappa shape index (κ1) is 27.9. The quantitative estimate of drug-likeness (QED) is 0.313. The van der Waals surface area contributed by atoms with Crippen LogP contribution in [0.2, 0.25) is 0 Å². The Labute approximate surface area is 222 Å². The minimum atomic E-state index is -1.57. The van der Waals surface area contributed by atoms with E-state index < -0.39 is 37.3 Å². The summed E-state index contributed by atoms with van der Waals surface area (Å²) in [5.74, 6) is 1.64. The van der Waals surface area contributed by atoms with Gasteiger partial charge in [0.15, 0.2) is 0 Å². The Balaban J connectivity index is 1.83. The summed E-state index contributed by atoms with van der Waals surface area (Å²) in [6.07, 6.45) is -6.71. The fraction of sp³-hybridized carbons (Fsp3) is 0.464. The summed E-state index contributed by atoms with van der Waals surface area (Å²) >= 11 is 0. The lowest BCUT2D eigenvalue weighted by Gasteiger charge is -2.39. The standard InChI is InChI=1S/C28H36N2O8/c1-5-36-21-9-7-6-8-18(21)14-20-23(17-10-12-19(35-4)13-11-17)30(16(2)3)29-27(20)38-28-26(34)25(33)24(32)22(15-31)37-28/h6-13,16,22,24-26,28,31-34H,5,14-15H2,1-4H3/t22-,24-,25+,26-,28+/m1/s1. The van der Waals surface area contributed by atoms with Crippen molar-refractivity contribution in [3.63, 3.8) is 0 Å². The topological polar surface area (TPSA) is 136 Å². The van der Waals surface area contributed by atoms with Crippen molar-refractivity contribution in [2.75, 3.05) is 20.3 Å². The number of hydrogen-bond donors (Lipinski definition) is 4. The molecule has 1 aliphatic heterocycles. The maximum Gasteiger partial charge on any atom is 0.239 e. The number of methoxy groups -OCH3 is 1. The van der Waals surface area contributed by atoms with Gasteiger partial charge in [0.05, 0.1) is 26.0 Å². The number of benzene rings is 2. The molecule has 38 heavy (non-hydrogen) atoms. The largest absolute Gasteiger partial charge is 0.497 e. The molecule has 2 aromatic carbocycles. The van der Waals surface area contributed by atoms with Gasteiger partial charge in [-0.05, 0) is 56.7 Å². The van der Waals surface area contributed by atoms with E-state index in [9.17, 15) is 20.4 Å². The first-order chi connectivity index (χ1) is 18.3. The maximum absolute atomic E-state index is 10.6. The number of aromatic nitrogens is 2. The van der Waals surface area contributed by atoms with Crippen molar-refractivity contribution < 1.29 is 39.4 Å². The van der Waals surface area contributed by atoms with Gasteiger partial charge in [0.2, 0.25) is 12.2 Å². The number of rotatable bonds is 10. The Bertz CT molecular complexity index is 1190. The normalized spacial score (nSPS) is 23.4. The van der Waals surface area contributed by atoms with Gasteiger partial charge in [-0.1, -0.05) is 18.2 Å². The highest BCUT2D eigenvalue weighted by molar-refractivity contribution is 5.68. The molecule has 0 amide bonds. The Morgan fingerprint density at radius 3 is 2.34 bits per heavy atom. The molecule has 0 saturated carbocycles. The molecule has 3 aromatic rings. The number of aliphatic hydroxyl groups excluding tert-OH is 4. The molecular formula is C28H36N2O8. The summed E-state index contributed by atoms with van der Waals surface area (Å²) in [4.78, 5) is 0. The van der Waals surface area contributed by atoms with Crippen LogP contribution in [0.4, 0.5) is 0 Å². The number of ether oxygens (including phenoxy) is 4. The van der Waals surface area contributed by atoms with Gasteiger partial charge in [-0.2, -0.15) is 0 Å². The second-order valence-corrected chi connectivity index (χ2v) is 9.43. The molecular weight excluding hydrogens is 492 g/mol. The molecule has 10 heteroatoms. The lowest BCUT2D eigenvalue weighted by Crippen LogP contribution is -2.60. The number of nitrogens with zero attached hydrogens (tertiary/aromatic N) is 2. The van der Waals surface area contributed by atoms with Gasteiger partial charge < -0.3 is 39.4 Å². The molecule has 2 heterocycles. The predicted octanol–water partition coefficient (Wildman–Crippen LogP) is 2.31. The lowest BCUT2D eigenvalue weighted by atomic mass is 9.98. The molecule has 4 rings (SSSR count). The van der Waals surface area contributed by atoms with Crippen LogP contribution < -0.4 is 14.2 Å². The summed E-state index contributed by atoms with van der Waals surface area (Å²) in [7, 11) is 1.61. The first-order valence-corrected chi connectivity index (χ1v) is 12.7. The van der Waals surface area contributed by atoms with Crippen LogP contribution in [0.1, 0.15) is 37.9 Å². The first-order valence-electron chi connectivity index (χ1n) is 12.7. The molecule has 0 radical (unpaired) electrons. The SMILES string of the molecule is CCOc1ccccc1Cc1c(O[C@@H]2O[C@H](CO)[C@@H](O)[C@H](O)[C@H]2O)nn(C(C)C)c1-c1ccc(OC)cc1. The molecule has 1 aliphatic rings. The van der Waals surface area contributed by atoms with Gasteiger partial charge in [0.25, 0.3) is 0 Å². The highest BCUT2D eigenvalue weighted by Crippen LogP contribution is 2.38. The van der Waals surface area contributed by atoms with Crippen LogP contribution in [-0.2, 0) is 11.2 Å². The summed E-state index contributed by atoms with van der Waals surface area (Å²) < 4.78 is 24.8. The Hall–Kier alpha value is -3.15. The van der Waals surface area contributed by atoms with Crippen molar-refractivity contribution in [2.45, 2.75) is 63.9 Å². The molecule has 5 atom stereocenters. The highest BCUT2D eigenvalue weighted by atomic mass is 16.7. The Kier molecular flexibility index (Phi) is 8.91. The van der Waals surface area contributed by atoms with Gasteiger partial charge in [0, 0.05) is 23.6 Å². The van der Waals surface area contributed by atoms with E-state index in [0.717, 1.165) is 22.6 Å². The highest BCUT2D eigenvalue weighted by Gasteiger charge is 2.45. The van der Waals surface area contributed by atoms with Gasteiger partial charge >= 0.3 is 0 Å². The lowest BCUT2D eigenvalue weighted by molar-refractivity contribution is -0.278. The van der Waals surface area contributed by atoms with Crippen molar-refractivity contribution in [2.24, 2.45) is 0 Å². The van der Waals surface area contributed by atoms with Crippen LogP contribution in [-0.4, -0.2) is 81.2 Å². The number of aliphatic hydroxyl groups is 4. The third-order valence-corrected chi connectivity index (χ3v) is 6.54. The molecule has 0 bridgehead atoms. The predicted molar refractivity (Wildman–Crippen MR) is 139 cm³/mol. The molecule has 206 valence electrons. The molecule has 1 aromatic heterocycles. The van der Waals surface area contributed by atoms with E-state index in [1.54, 1.807) is 7.11 Å². The van der Waals surface area contributed by atoms with Gasteiger partial charge in [-0.15, -0.1) is 5.10 Å². The summed E-state index contributed by atoms with van der Waals surface area (Å²) in [6, 6.07) is 15.2. The van der Waals surface area contributed by atoms with Crippen LogP contribution in [0, 0.1) is 0 Å². The van der Waals surface area contributed by atoms with E-state index in [-0.39, 0.29) is 11.9 Å². The van der Waals surface area contributed by atoms with E-state index in [4.69, 9.17) is 24.0 Å². The van der Waals surface area contributed by atoms with Gasteiger partial charge in [-0.3, -0.25) is 4.68 Å². The van der Waals surface area contributed by atoms with Gasteiger partial charge in [-0.25, -0.2) is 0 Å². The Morgan fingerprint density at radius 2 is 1.71 bits per heavy atom. The van der Waals surface area contributed by atoms with E-state index in [2.05, 4.69) is 0 Å². The van der Waals surface area contributed by atoms with Crippen molar-refractivity contribution in [3.8, 4) is 28.6 Å². The van der Waals surface area contributed by atoms with E-state index >= 15 is 0 Å². The molecule has 1 fully saturated rings. The zero-order valence-corrected chi connectivity index (χ0v) is 22.0. The van der Waals surface area contributed by atoms with Crippen LogP contribution in [0.3, 0.4) is 0 Å². The van der Waals surface area contributed by atoms with Gasteiger partial charge in [0.1, 0.15) is 35.9 Å². The van der Waals surface area contributed by atoms with Crippen molar-refractivity contribution in [1.29, 1.82) is 0 Å². The van der Waals surface area contributed by atoms with Crippen molar-refractivity contribution >= 4 is 0 Å². The minimum Gasteiger partial charge on any atom is -0.497 e. The zero-order chi connectivity index (χ0) is 27.4. The van der Waals surface area contributed by atoms with Crippen LogP contribution in [0.15, 0.2) is 48.5 Å². The molecule has 0 unspecified atom stereocenters. The molecule has 1 saturated heterocycles. The number of para-hydroxylation sites is 1. The average Bonchev–Trinajstić information content (AvgIpc) is 3.28. The van der Waals surface area contributed by atoms with E-state index in [0.29, 0.717) is 24.3 Å². The van der Waals surface area contributed by atoms with E-state index in [1.165, 1.54) is 0 Å². The van der Waals surface area contributed by atoms with Crippen LogP contribution >= 0.6 is 0 Å². The van der Waals surface area contributed by atoms with E-state index in [1.807, 2.05) is 74.0 Å². The third kappa shape index (κ3) is 5.64. The summed E-state index contributed by atoms with van der Waals surface area (Å²) in [5.41, 5.74) is 3.30. The monoisotopic (exact) mass is 528 g/mol. The van der Waals surface area contributed by atoms with Crippen LogP contribution in [0.25, 0.3) is 11.3 Å². The molecule has 0 aliphatic carbocycles. The third-order valence-electron chi connectivity index (χ3n) is 6.54. The van der Waals surface area contributed by atoms with Crippen molar-refractivity contribution in [3.05, 3.63) is 59.7 Å². The zero-order valence-electron chi connectivity index (χ0n) is 22.0. The summed E-state index contributed by atoms with van der Waals surface area (Å²) in [5, 5.41) is 45.5. The average molecular weight is 529 g/mol. The smallest absolute Gasteiger partial charge is 0.239 e. The second-order valence-electron chi connectivity index (χ2n) is 9.43. The number of hydrogen-bond acceptors (Lipinski definition) is 9. The molecule has 4 N–H and O–H groups in total. The van der Waals surface area contributed by atoms with Crippen LogP contribution in [0.5, 0.6) is 17.4 Å². The fourth-order valence-corrected chi connectivity index (χ4v) is 4.54.